The Labute approximate surface area is 90.8 Å². The van der Waals surface area contributed by atoms with Crippen LogP contribution in [0.15, 0.2) is 30.4 Å². The third-order valence-corrected chi connectivity index (χ3v) is 1.80. The zero-order valence-electron chi connectivity index (χ0n) is 8.64. The van der Waals surface area contributed by atoms with E-state index in [1.54, 1.807) is 6.92 Å². The molecule has 0 N–H and O–H groups in total. The van der Waals surface area contributed by atoms with E-state index in [0.29, 0.717) is 11.6 Å². The van der Waals surface area contributed by atoms with Gasteiger partial charge in [0.25, 0.3) is 0 Å². The van der Waals surface area contributed by atoms with Crippen LogP contribution in [0.3, 0.4) is 0 Å². The number of hydrogen-bond donors (Lipinski definition) is 0. The van der Waals surface area contributed by atoms with E-state index in [0.717, 1.165) is 12.1 Å². The van der Waals surface area contributed by atoms with Gasteiger partial charge in [-0.1, -0.05) is 12.0 Å². The Balaban J connectivity index is 3.03. The van der Waals surface area contributed by atoms with Gasteiger partial charge in [0.1, 0.15) is 12.4 Å². The Morgan fingerprint density at radius 1 is 1.38 bits per heavy atom. The molecular formula is C10H10BF4O-. The first-order valence-electron chi connectivity index (χ1n) is 4.57. The normalized spacial score (nSPS) is 11.3. The summed E-state index contributed by atoms with van der Waals surface area (Å²) < 4.78 is 55.3. The molecule has 1 aromatic rings. The summed E-state index contributed by atoms with van der Waals surface area (Å²) in [5.41, 5.74) is -0.466. The van der Waals surface area contributed by atoms with Crippen LogP contribution in [0.4, 0.5) is 17.3 Å². The van der Waals surface area contributed by atoms with Crippen LogP contribution in [0.1, 0.15) is 6.92 Å². The fourth-order valence-electron chi connectivity index (χ4n) is 1.11. The topological polar surface area (TPSA) is 9.23 Å². The fourth-order valence-corrected chi connectivity index (χ4v) is 1.11. The molecule has 0 aliphatic carbocycles. The highest BCUT2D eigenvalue weighted by molar-refractivity contribution is 6.74. The van der Waals surface area contributed by atoms with Crippen molar-refractivity contribution in [2.24, 2.45) is 0 Å². The van der Waals surface area contributed by atoms with Gasteiger partial charge in [-0.25, -0.2) is 4.39 Å². The second-order valence-electron chi connectivity index (χ2n) is 3.50. The first-order valence-corrected chi connectivity index (χ1v) is 4.57. The molecule has 0 heterocycles. The van der Waals surface area contributed by atoms with Crippen molar-refractivity contribution in [1.82, 2.24) is 0 Å². The minimum Gasteiger partial charge on any atom is -0.492 e. The van der Waals surface area contributed by atoms with Crippen LogP contribution >= 0.6 is 0 Å². The zero-order valence-corrected chi connectivity index (χ0v) is 8.64. The van der Waals surface area contributed by atoms with Crippen molar-refractivity contribution < 1.29 is 22.1 Å². The first kappa shape index (κ1) is 12.6. The molecule has 0 spiro atoms. The van der Waals surface area contributed by atoms with Crippen LogP contribution in [0, 0.1) is 5.82 Å². The predicted octanol–water partition coefficient (Wildman–Crippen LogP) is 2.84. The number of benzene rings is 1. The van der Waals surface area contributed by atoms with Crippen molar-refractivity contribution in [3.63, 3.8) is 0 Å². The third kappa shape index (κ3) is 3.29. The maximum absolute atomic E-state index is 12.7. The molecule has 0 aliphatic heterocycles. The molecule has 0 aliphatic rings. The quantitative estimate of drug-likeness (QED) is 0.441. The summed E-state index contributed by atoms with van der Waals surface area (Å²) in [4.78, 5) is 0. The summed E-state index contributed by atoms with van der Waals surface area (Å²) in [6, 6.07) is 2.34. The Bertz CT molecular complexity index is 400. The summed E-state index contributed by atoms with van der Waals surface area (Å²) in [7, 11) is 0. The lowest BCUT2D eigenvalue weighted by atomic mass is 9.79. The first-order chi connectivity index (χ1) is 7.30. The number of halogens is 4. The maximum atomic E-state index is 12.7. The molecule has 1 rings (SSSR count). The highest BCUT2D eigenvalue weighted by Gasteiger charge is 2.29. The van der Waals surface area contributed by atoms with E-state index >= 15 is 0 Å². The molecule has 0 saturated carbocycles. The summed E-state index contributed by atoms with van der Waals surface area (Å²) >= 11 is 0. The van der Waals surface area contributed by atoms with E-state index in [2.05, 4.69) is 6.58 Å². The predicted molar refractivity (Wildman–Crippen MR) is 55.4 cm³/mol. The van der Waals surface area contributed by atoms with E-state index in [-0.39, 0.29) is 12.4 Å². The third-order valence-electron chi connectivity index (χ3n) is 1.80. The van der Waals surface area contributed by atoms with E-state index in [1.807, 2.05) is 0 Å². The Morgan fingerprint density at radius 3 is 2.50 bits per heavy atom. The van der Waals surface area contributed by atoms with Gasteiger partial charge in [-0.2, -0.15) is 0 Å². The van der Waals surface area contributed by atoms with Gasteiger partial charge in [0.2, 0.25) is 0 Å². The van der Waals surface area contributed by atoms with Gasteiger partial charge in [0.05, 0.1) is 5.75 Å². The summed E-state index contributed by atoms with van der Waals surface area (Å²) in [5, 5.41) is 0. The average Bonchev–Trinajstić information content (AvgIpc) is 2.14. The van der Waals surface area contributed by atoms with Crippen LogP contribution in [0.25, 0.3) is 0 Å². The molecule has 0 bridgehead atoms. The second kappa shape index (κ2) is 4.59. The SMILES string of the molecule is C=C(C)COc1ccc(F)cc1[B-](F)(F)F. The lowest BCUT2D eigenvalue weighted by molar-refractivity contribution is 0.352. The Hall–Kier alpha value is -1.46. The summed E-state index contributed by atoms with van der Waals surface area (Å²) in [6.45, 7) is -0.174. The second-order valence-corrected chi connectivity index (χ2v) is 3.50. The van der Waals surface area contributed by atoms with E-state index < -0.39 is 18.3 Å². The van der Waals surface area contributed by atoms with Crippen molar-refractivity contribution in [3.05, 3.63) is 36.2 Å². The summed E-state index contributed by atoms with van der Waals surface area (Å²) in [6.07, 6.45) is 0. The summed E-state index contributed by atoms with van der Waals surface area (Å²) in [5.74, 6) is -1.30. The van der Waals surface area contributed by atoms with E-state index in [1.165, 1.54) is 0 Å². The Kier molecular flexibility index (Phi) is 3.62. The van der Waals surface area contributed by atoms with Crippen LogP contribution < -0.4 is 10.2 Å². The van der Waals surface area contributed by atoms with Gasteiger partial charge in [-0.05, 0) is 30.7 Å². The lowest BCUT2D eigenvalue weighted by Gasteiger charge is -2.19. The van der Waals surface area contributed by atoms with Gasteiger partial charge in [-0.3, -0.25) is 0 Å². The molecule has 1 nitrogen and oxygen atoms in total. The molecule has 88 valence electrons. The number of rotatable bonds is 4. The minimum atomic E-state index is -5.28. The van der Waals surface area contributed by atoms with E-state index in [9.17, 15) is 17.3 Å². The molecule has 6 heteroatoms. The van der Waals surface area contributed by atoms with Gasteiger partial charge < -0.3 is 17.7 Å². The molecule has 0 atom stereocenters. The standard InChI is InChI=1S/C10H10BF4O/c1-7(2)6-16-10-4-3-8(12)5-9(10)11(13,14)15/h3-5H,1,6H2,2H3/q-1. The smallest absolute Gasteiger partial charge is 0.492 e. The number of ether oxygens (including phenoxy) is 1. The average molecular weight is 233 g/mol. The molecule has 16 heavy (non-hydrogen) atoms. The molecule has 0 radical (unpaired) electrons. The van der Waals surface area contributed by atoms with Gasteiger partial charge in [0.15, 0.2) is 0 Å². The fraction of sp³-hybridized carbons (Fsp3) is 0.200. The zero-order chi connectivity index (χ0) is 12.3. The molecule has 0 saturated heterocycles. The van der Waals surface area contributed by atoms with Crippen molar-refractivity contribution in [3.8, 4) is 5.75 Å². The van der Waals surface area contributed by atoms with Crippen molar-refractivity contribution >= 4 is 12.4 Å². The molecule has 0 unspecified atom stereocenters. The highest BCUT2D eigenvalue weighted by atomic mass is 19.4. The molecule has 0 fully saturated rings. The minimum absolute atomic E-state index is 0.0230. The van der Waals surface area contributed by atoms with Gasteiger partial charge in [-0.15, -0.1) is 0 Å². The van der Waals surface area contributed by atoms with Crippen LogP contribution in [-0.2, 0) is 0 Å². The van der Waals surface area contributed by atoms with Gasteiger partial charge >= 0.3 is 6.98 Å². The Morgan fingerprint density at radius 2 is 2.00 bits per heavy atom. The van der Waals surface area contributed by atoms with Crippen LogP contribution in [0.2, 0.25) is 0 Å². The maximum Gasteiger partial charge on any atom is 0.513 e. The van der Waals surface area contributed by atoms with Crippen molar-refractivity contribution in [1.29, 1.82) is 0 Å². The molecular weight excluding hydrogens is 223 g/mol. The molecule has 1 aromatic carbocycles. The van der Waals surface area contributed by atoms with Crippen molar-refractivity contribution in [2.75, 3.05) is 6.61 Å². The van der Waals surface area contributed by atoms with Crippen molar-refractivity contribution in [2.45, 2.75) is 6.92 Å². The van der Waals surface area contributed by atoms with Gasteiger partial charge in [0, 0.05) is 0 Å². The molecule has 0 aromatic heterocycles. The monoisotopic (exact) mass is 233 g/mol. The van der Waals surface area contributed by atoms with Crippen LogP contribution in [-0.4, -0.2) is 13.6 Å². The van der Waals surface area contributed by atoms with Crippen LogP contribution in [0.5, 0.6) is 5.75 Å². The largest absolute Gasteiger partial charge is 0.513 e. The van der Waals surface area contributed by atoms with E-state index in [4.69, 9.17) is 4.74 Å². The molecule has 0 amide bonds. The highest BCUT2D eigenvalue weighted by Crippen LogP contribution is 2.19. The number of hydrogen-bond acceptors (Lipinski definition) is 1. The lowest BCUT2D eigenvalue weighted by Crippen LogP contribution is -2.35.